The minimum atomic E-state index is -0.926. The molecule has 1 saturated carbocycles. The van der Waals surface area contributed by atoms with E-state index < -0.39 is 29.8 Å². The highest BCUT2D eigenvalue weighted by atomic mass is 35.5. The SMILES string of the molecule is C[C@](C#N)(NC(=O)COC(=O)/C=C/c1ccc(F)c(Cl)c1)C1CC1. The lowest BCUT2D eigenvalue weighted by atomic mass is 9.98. The van der Waals surface area contributed by atoms with Crippen LogP contribution in [0.1, 0.15) is 25.3 Å². The summed E-state index contributed by atoms with van der Waals surface area (Å²) in [6.45, 7) is 1.18. The summed E-state index contributed by atoms with van der Waals surface area (Å²) in [4.78, 5) is 23.4. The lowest BCUT2D eigenvalue weighted by Gasteiger charge is -2.22. The Balaban J connectivity index is 1.82. The Kier molecular flexibility index (Phi) is 5.58. The van der Waals surface area contributed by atoms with Gasteiger partial charge in [-0.2, -0.15) is 5.26 Å². The van der Waals surface area contributed by atoms with Crippen molar-refractivity contribution in [1.82, 2.24) is 5.32 Å². The molecule has 0 heterocycles. The minimum absolute atomic E-state index is 0.0549. The second kappa shape index (κ2) is 7.45. The third kappa shape index (κ3) is 4.80. The number of nitrogens with one attached hydrogen (secondary N) is 1. The molecule has 1 aromatic rings. The van der Waals surface area contributed by atoms with Crippen LogP contribution in [0.5, 0.6) is 0 Å². The van der Waals surface area contributed by atoms with E-state index in [1.165, 1.54) is 24.3 Å². The zero-order valence-electron chi connectivity index (χ0n) is 13.0. The van der Waals surface area contributed by atoms with Crippen molar-refractivity contribution in [3.05, 3.63) is 40.7 Å². The minimum Gasteiger partial charge on any atom is -0.452 e. The van der Waals surface area contributed by atoms with Gasteiger partial charge in [-0.25, -0.2) is 9.18 Å². The maximum atomic E-state index is 13.0. The van der Waals surface area contributed by atoms with E-state index in [9.17, 15) is 14.0 Å². The highest BCUT2D eigenvalue weighted by Crippen LogP contribution is 2.39. The first-order chi connectivity index (χ1) is 11.3. The maximum Gasteiger partial charge on any atom is 0.331 e. The summed E-state index contributed by atoms with van der Waals surface area (Å²) in [6.07, 6.45) is 4.30. The molecule has 24 heavy (non-hydrogen) atoms. The standard InChI is InChI=1S/C17H16ClFN2O3/c1-17(10-20,12-4-5-12)21-15(22)9-24-16(23)7-3-11-2-6-14(19)13(18)8-11/h2-3,6-8,12H,4-5,9H2,1H3,(H,21,22)/b7-3+/t17-/m1/s1. The molecule has 1 aliphatic carbocycles. The second-order valence-electron chi connectivity index (χ2n) is 5.75. The van der Waals surface area contributed by atoms with Crippen molar-refractivity contribution >= 4 is 29.6 Å². The molecule has 0 radical (unpaired) electrons. The Morgan fingerprint density at radius 1 is 1.54 bits per heavy atom. The largest absolute Gasteiger partial charge is 0.452 e. The number of carbonyl (C=O) groups is 2. The summed E-state index contributed by atoms with van der Waals surface area (Å²) in [5, 5.41) is 11.7. The fourth-order valence-corrected chi connectivity index (χ4v) is 2.36. The van der Waals surface area contributed by atoms with Gasteiger partial charge in [0.1, 0.15) is 11.4 Å². The molecule has 1 fully saturated rings. The number of esters is 1. The summed E-state index contributed by atoms with van der Waals surface area (Å²) in [5.41, 5.74) is -0.405. The average Bonchev–Trinajstić information content (AvgIpc) is 3.39. The van der Waals surface area contributed by atoms with Gasteiger partial charge in [0.05, 0.1) is 11.1 Å². The summed E-state index contributed by atoms with van der Waals surface area (Å²) in [5.74, 6) is -1.66. The topological polar surface area (TPSA) is 79.2 Å². The zero-order chi connectivity index (χ0) is 17.7. The number of ether oxygens (including phenoxy) is 1. The van der Waals surface area contributed by atoms with Gasteiger partial charge in [-0.05, 0) is 49.5 Å². The molecule has 0 saturated heterocycles. The molecule has 7 heteroatoms. The van der Waals surface area contributed by atoms with E-state index in [0.717, 1.165) is 18.9 Å². The maximum absolute atomic E-state index is 13.0. The van der Waals surface area contributed by atoms with E-state index in [-0.39, 0.29) is 10.9 Å². The van der Waals surface area contributed by atoms with Crippen LogP contribution in [0.2, 0.25) is 5.02 Å². The third-order valence-corrected chi connectivity index (χ3v) is 4.02. The first-order valence-electron chi connectivity index (χ1n) is 7.36. The Bertz CT molecular complexity index is 725. The van der Waals surface area contributed by atoms with Gasteiger partial charge in [0.15, 0.2) is 6.61 Å². The van der Waals surface area contributed by atoms with Gasteiger partial charge >= 0.3 is 5.97 Å². The quantitative estimate of drug-likeness (QED) is 0.632. The first kappa shape index (κ1) is 18.0. The summed E-state index contributed by atoms with van der Waals surface area (Å²) in [7, 11) is 0. The smallest absolute Gasteiger partial charge is 0.331 e. The number of rotatable bonds is 6. The summed E-state index contributed by atoms with van der Waals surface area (Å²) >= 11 is 5.63. The van der Waals surface area contributed by atoms with E-state index in [1.54, 1.807) is 6.92 Å². The lowest BCUT2D eigenvalue weighted by molar-refractivity contribution is -0.144. The Hall–Kier alpha value is -2.39. The predicted octanol–water partition coefficient (Wildman–Crippen LogP) is 2.84. The molecule has 1 aromatic carbocycles. The monoisotopic (exact) mass is 350 g/mol. The van der Waals surface area contributed by atoms with Gasteiger partial charge in [-0.15, -0.1) is 0 Å². The predicted molar refractivity (Wildman–Crippen MR) is 86.3 cm³/mol. The highest BCUT2D eigenvalue weighted by molar-refractivity contribution is 6.30. The molecule has 0 aliphatic heterocycles. The van der Waals surface area contributed by atoms with Gasteiger partial charge in [-0.3, -0.25) is 4.79 Å². The van der Waals surface area contributed by atoms with E-state index in [1.807, 2.05) is 0 Å². The molecular weight excluding hydrogens is 335 g/mol. The van der Waals surface area contributed by atoms with Crippen molar-refractivity contribution in [2.45, 2.75) is 25.3 Å². The third-order valence-electron chi connectivity index (χ3n) is 3.73. The molecule has 2 rings (SSSR count). The number of nitrogens with zero attached hydrogens (tertiary/aromatic N) is 1. The van der Waals surface area contributed by atoms with E-state index in [0.29, 0.717) is 5.56 Å². The fraction of sp³-hybridized carbons (Fsp3) is 0.353. The molecule has 0 unspecified atom stereocenters. The van der Waals surface area contributed by atoms with Crippen molar-refractivity contribution in [3.63, 3.8) is 0 Å². The van der Waals surface area contributed by atoms with Crippen LogP contribution in [0, 0.1) is 23.1 Å². The molecule has 0 spiro atoms. The Morgan fingerprint density at radius 2 is 2.25 bits per heavy atom. The van der Waals surface area contributed by atoms with Gasteiger partial charge in [-0.1, -0.05) is 17.7 Å². The van der Waals surface area contributed by atoms with Crippen LogP contribution in [0.3, 0.4) is 0 Å². The molecular formula is C17H16ClFN2O3. The van der Waals surface area contributed by atoms with Crippen LogP contribution in [0.4, 0.5) is 4.39 Å². The van der Waals surface area contributed by atoms with Gasteiger partial charge < -0.3 is 10.1 Å². The highest BCUT2D eigenvalue weighted by Gasteiger charge is 2.43. The molecule has 0 aromatic heterocycles. The molecule has 0 bridgehead atoms. The number of amides is 1. The van der Waals surface area contributed by atoms with Crippen molar-refractivity contribution in [2.24, 2.45) is 5.92 Å². The number of hydrogen-bond donors (Lipinski definition) is 1. The molecule has 1 atom stereocenters. The number of halogens is 2. The average molecular weight is 351 g/mol. The molecule has 1 aliphatic rings. The van der Waals surface area contributed by atoms with Crippen molar-refractivity contribution in [2.75, 3.05) is 6.61 Å². The van der Waals surface area contributed by atoms with Crippen LogP contribution >= 0.6 is 11.6 Å². The van der Waals surface area contributed by atoms with E-state index in [4.69, 9.17) is 21.6 Å². The normalized spacial score (nSPS) is 16.2. The van der Waals surface area contributed by atoms with E-state index in [2.05, 4.69) is 11.4 Å². The fourth-order valence-electron chi connectivity index (χ4n) is 2.17. The Morgan fingerprint density at radius 3 is 2.83 bits per heavy atom. The number of nitriles is 1. The van der Waals surface area contributed by atoms with Crippen molar-refractivity contribution < 1.29 is 18.7 Å². The second-order valence-corrected chi connectivity index (χ2v) is 6.16. The van der Waals surface area contributed by atoms with Gasteiger partial charge in [0.2, 0.25) is 0 Å². The molecule has 1 amide bonds. The van der Waals surface area contributed by atoms with Crippen LogP contribution in [0.15, 0.2) is 24.3 Å². The molecule has 1 N–H and O–H groups in total. The van der Waals surface area contributed by atoms with Crippen molar-refractivity contribution in [3.8, 4) is 6.07 Å². The Labute approximate surface area is 144 Å². The van der Waals surface area contributed by atoms with Crippen LogP contribution in [0.25, 0.3) is 6.08 Å². The van der Waals surface area contributed by atoms with Crippen LogP contribution in [-0.4, -0.2) is 24.0 Å². The van der Waals surface area contributed by atoms with Crippen molar-refractivity contribution in [1.29, 1.82) is 5.26 Å². The van der Waals surface area contributed by atoms with Crippen LogP contribution in [-0.2, 0) is 14.3 Å². The molecule has 126 valence electrons. The lowest BCUT2D eigenvalue weighted by Crippen LogP contribution is -2.48. The zero-order valence-corrected chi connectivity index (χ0v) is 13.8. The first-order valence-corrected chi connectivity index (χ1v) is 7.74. The summed E-state index contributed by atoms with van der Waals surface area (Å²) in [6, 6.07) is 6.08. The molecule has 5 nitrogen and oxygen atoms in total. The number of carbonyl (C=O) groups excluding carboxylic acids is 2. The number of benzene rings is 1. The van der Waals surface area contributed by atoms with Gasteiger partial charge in [0.25, 0.3) is 5.91 Å². The van der Waals surface area contributed by atoms with Crippen LogP contribution < -0.4 is 5.32 Å². The summed E-state index contributed by atoms with van der Waals surface area (Å²) < 4.78 is 17.8. The number of hydrogen-bond acceptors (Lipinski definition) is 4. The van der Waals surface area contributed by atoms with E-state index >= 15 is 0 Å². The van der Waals surface area contributed by atoms with Gasteiger partial charge in [0, 0.05) is 6.08 Å².